The van der Waals surface area contributed by atoms with E-state index in [1.807, 2.05) is 66.4 Å². The van der Waals surface area contributed by atoms with Crippen molar-refractivity contribution in [2.75, 3.05) is 29.9 Å². The maximum atomic E-state index is 13.2. The molecule has 3 rings (SSSR count). The van der Waals surface area contributed by atoms with E-state index >= 15 is 0 Å². The van der Waals surface area contributed by atoms with Crippen LogP contribution in [0.25, 0.3) is 0 Å². The third-order valence-corrected chi connectivity index (χ3v) is 6.01. The summed E-state index contributed by atoms with van der Waals surface area (Å²) in [4.78, 5) is 19.4. The summed E-state index contributed by atoms with van der Waals surface area (Å²) >= 11 is 0. The second kappa shape index (κ2) is 12.2. The van der Waals surface area contributed by atoms with E-state index in [0.717, 1.165) is 38.0 Å². The quantitative estimate of drug-likeness (QED) is 0.454. The number of nitrogens with two attached hydrogens (primary N) is 1. The third kappa shape index (κ3) is 6.34. The molecule has 0 spiro atoms. The Labute approximate surface area is 204 Å². The Kier molecular flexibility index (Phi) is 9.02. The summed E-state index contributed by atoms with van der Waals surface area (Å²) in [5, 5.41) is 3.05. The van der Waals surface area contributed by atoms with Crippen LogP contribution < -0.4 is 20.9 Å². The topological polar surface area (TPSA) is 64.8 Å². The van der Waals surface area contributed by atoms with Crippen LogP contribution in [0.1, 0.15) is 51.2 Å². The SMILES string of the molecule is CC/C=C(NC(=O)N1Cc2ccc(N(CCC)CCC)cc2C1)/C(N)=C\N(C)c1ccccc1. The fourth-order valence-electron chi connectivity index (χ4n) is 4.29. The maximum absolute atomic E-state index is 13.2. The maximum Gasteiger partial charge on any atom is 0.322 e. The molecule has 2 amide bonds. The van der Waals surface area contributed by atoms with E-state index in [0.29, 0.717) is 24.5 Å². The van der Waals surface area contributed by atoms with Crippen LogP contribution in [-0.2, 0) is 13.1 Å². The van der Waals surface area contributed by atoms with Crippen molar-refractivity contribution in [2.24, 2.45) is 5.73 Å². The van der Waals surface area contributed by atoms with E-state index in [1.54, 1.807) is 0 Å². The first-order valence-corrected chi connectivity index (χ1v) is 12.3. The fraction of sp³-hybridized carbons (Fsp3) is 0.393. The van der Waals surface area contributed by atoms with Gasteiger partial charge in [0.05, 0.1) is 11.4 Å². The average molecular weight is 462 g/mol. The van der Waals surface area contributed by atoms with Crippen LogP contribution >= 0.6 is 0 Å². The summed E-state index contributed by atoms with van der Waals surface area (Å²) in [6, 6.07) is 16.5. The van der Waals surface area contributed by atoms with Gasteiger partial charge in [-0.3, -0.25) is 0 Å². The normalized spacial score (nSPS) is 13.6. The van der Waals surface area contributed by atoms with E-state index in [9.17, 15) is 4.79 Å². The molecule has 0 bridgehead atoms. The Balaban J connectivity index is 1.69. The molecule has 2 aromatic carbocycles. The number of carbonyl (C=O) groups is 1. The molecule has 182 valence electrons. The molecule has 1 aliphatic rings. The minimum atomic E-state index is -0.130. The lowest BCUT2D eigenvalue weighted by Gasteiger charge is -2.24. The number of rotatable bonds is 10. The fourth-order valence-corrected chi connectivity index (χ4v) is 4.29. The molecule has 0 atom stereocenters. The van der Waals surface area contributed by atoms with Crippen molar-refractivity contribution < 1.29 is 4.79 Å². The molecule has 34 heavy (non-hydrogen) atoms. The Morgan fingerprint density at radius 2 is 1.68 bits per heavy atom. The summed E-state index contributed by atoms with van der Waals surface area (Å²) in [7, 11) is 1.95. The van der Waals surface area contributed by atoms with E-state index in [1.165, 1.54) is 16.8 Å². The van der Waals surface area contributed by atoms with Gasteiger partial charge in [0.25, 0.3) is 0 Å². The molecule has 0 saturated heterocycles. The predicted molar refractivity (Wildman–Crippen MR) is 143 cm³/mol. The first-order valence-electron chi connectivity index (χ1n) is 12.3. The predicted octanol–water partition coefficient (Wildman–Crippen LogP) is 5.57. The van der Waals surface area contributed by atoms with Crippen LogP contribution in [0.4, 0.5) is 16.2 Å². The van der Waals surface area contributed by atoms with Crippen LogP contribution in [0.15, 0.2) is 72.2 Å². The lowest BCUT2D eigenvalue weighted by Crippen LogP contribution is -2.37. The average Bonchev–Trinajstić information content (AvgIpc) is 3.28. The van der Waals surface area contributed by atoms with Crippen molar-refractivity contribution in [2.45, 2.75) is 53.1 Å². The van der Waals surface area contributed by atoms with E-state index in [2.05, 4.69) is 42.3 Å². The molecule has 0 saturated carbocycles. The minimum Gasteiger partial charge on any atom is -0.396 e. The molecule has 3 N–H and O–H groups in total. The van der Waals surface area contributed by atoms with Gasteiger partial charge in [0.2, 0.25) is 0 Å². The molecule has 0 radical (unpaired) electrons. The Morgan fingerprint density at radius 1 is 1.00 bits per heavy atom. The molecule has 0 aromatic heterocycles. The van der Waals surface area contributed by atoms with Gasteiger partial charge in [0.15, 0.2) is 0 Å². The molecule has 0 aliphatic carbocycles. The second-order valence-corrected chi connectivity index (χ2v) is 8.78. The van der Waals surface area contributed by atoms with E-state index in [4.69, 9.17) is 5.73 Å². The molecule has 6 heteroatoms. The number of anilines is 2. The highest BCUT2D eigenvalue weighted by Crippen LogP contribution is 2.28. The monoisotopic (exact) mass is 461 g/mol. The highest BCUT2D eigenvalue weighted by Gasteiger charge is 2.25. The highest BCUT2D eigenvalue weighted by atomic mass is 16.2. The Morgan fingerprint density at radius 3 is 2.32 bits per heavy atom. The van der Waals surface area contributed by atoms with Crippen LogP contribution in [0, 0.1) is 0 Å². The lowest BCUT2D eigenvalue weighted by molar-refractivity contribution is 0.201. The number of carbonyl (C=O) groups excluding carboxylic acids is 1. The highest BCUT2D eigenvalue weighted by molar-refractivity contribution is 5.78. The van der Waals surface area contributed by atoms with Gasteiger partial charge in [-0.1, -0.05) is 51.1 Å². The summed E-state index contributed by atoms with van der Waals surface area (Å²) in [5.74, 6) is 0. The van der Waals surface area contributed by atoms with Crippen molar-refractivity contribution in [1.82, 2.24) is 10.2 Å². The number of hydrogen-bond donors (Lipinski definition) is 2. The molecule has 1 heterocycles. The molecular formula is C28H39N5O. The van der Waals surface area contributed by atoms with Gasteiger partial charge in [-0.15, -0.1) is 0 Å². The number of para-hydroxylation sites is 1. The number of fused-ring (bicyclic) bond motifs is 1. The van der Waals surface area contributed by atoms with E-state index in [-0.39, 0.29) is 6.03 Å². The standard InChI is InChI=1S/C28H39N5O/c1-5-11-27(26(29)21-31(4)24-12-9-8-10-13-24)30-28(34)33-19-22-14-15-25(18-23(22)20-33)32(16-6-2)17-7-3/h8-15,18,21H,5-7,16-17,19-20,29H2,1-4H3,(H,30,34)/b26-21+,27-11-. The third-order valence-electron chi connectivity index (χ3n) is 6.01. The van der Waals surface area contributed by atoms with Crippen LogP contribution in [0.3, 0.4) is 0 Å². The zero-order valence-electron chi connectivity index (χ0n) is 21.1. The number of nitrogens with one attached hydrogen (secondary N) is 1. The number of benzene rings is 2. The number of nitrogens with zero attached hydrogens (tertiary/aromatic N) is 3. The van der Waals surface area contributed by atoms with Crippen molar-refractivity contribution in [1.29, 1.82) is 0 Å². The largest absolute Gasteiger partial charge is 0.396 e. The Hall–Kier alpha value is -3.41. The van der Waals surface area contributed by atoms with Crippen molar-refractivity contribution >= 4 is 17.4 Å². The Bertz CT molecular complexity index is 1010. The zero-order chi connectivity index (χ0) is 24.5. The molecule has 6 nitrogen and oxygen atoms in total. The van der Waals surface area contributed by atoms with Gasteiger partial charge in [0.1, 0.15) is 0 Å². The number of urea groups is 1. The van der Waals surface area contributed by atoms with Gasteiger partial charge in [0, 0.05) is 50.8 Å². The molecule has 0 unspecified atom stereocenters. The first-order chi connectivity index (χ1) is 16.5. The van der Waals surface area contributed by atoms with Crippen molar-refractivity contribution in [3.63, 3.8) is 0 Å². The van der Waals surface area contributed by atoms with Crippen molar-refractivity contribution in [3.05, 3.63) is 83.3 Å². The zero-order valence-corrected chi connectivity index (χ0v) is 21.1. The molecule has 2 aromatic rings. The summed E-state index contributed by atoms with van der Waals surface area (Å²) in [5.41, 5.74) is 12.3. The minimum absolute atomic E-state index is 0.130. The van der Waals surface area contributed by atoms with Gasteiger partial charge < -0.3 is 25.8 Å². The van der Waals surface area contributed by atoms with Crippen LogP contribution in [0.2, 0.25) is 0 Å². The van der Waals surface area contributed by atoms with Crippen molar-refractivity contribution in [3.8, 4) is 0 Å². The number of hydrogen-bond acceptors (Lipinski definition) is 4. The molecule has 0 fully saturated rings. The van der Waals surface area contributed by atoms with Gasteiger partial charge in [-0.25, -0.2) is 4.79 Å². The molecule has 1 aliphatic heterocycles. The van der Waals surface area contributed by atoms with Gasteiger partial charge in [-0.05, 0) is 54.7 Å². The summed E-state index contributed by atoms with van der Waals surface area (Å²) in [6.07, 6.45) is 6.81. The lowest BCUT2D eigenvalue weighted by atomic mass is 10.1. The van der Waals surface area contributed by atoms with E-state index < -0.39 is 0 Å². The van der Waals surface area contributed by atoms with Gasteiger partial charge >= 0.3 is 6.03 Å². The second-order valence-electron chi connectivity index (χ2n) is 8.78. The number of amides is 2. The summed E-state index contributed by atoms with van der Waals surface area (Å²) in [6.45, 7) is 9.76. The summed E-state index contributed by atoms with van der Waals surface area (Å²) < 4.78 is 0. The molecular weight excluding hydrogens is 422 g/mol. The number of allylic oxidation sites excluding steroid dienone is 1. The van der Waals surface area contributed by atoms with Crippen LogP contribution in [-0.4, -0.2) is 31.1 Å². The smallest absolute Gasteiger partial charge is 0.322 e. The first kappa shape index (κ1) is 25.2. The van der Waals surface area contributed by atoms with Gasteiger partial charge in [-0.2, -0.15) is 0 Å². The van der Waals surface area contributed by atoms with Crippen LogP contribution in [0.5, 0.6) is 0 Å².